The first-order chi connectivity index (χ1) is 12.9. The number of amides is 1. The Kier molecular flexibility index (Phi) is 5.56. The van der Waals surface area contributed by atoms with Gasteiger partial charge in [0, 0.05) is 24.5 Å². The van der Waals surface area contributed by atoms with Crippen LogP contribution in [0.25, 0.3) is 11.6 Å². The second-order valence-corrected chi connectivity index (χ2v) is 7.87. The molecule has 2 N–H and O–H groups in total. The van der Waals surface area contributed by atoms with Crippen LogP contribution in [-0.4, -0.2) is 36.2 Å². The van der Waals surface area contributed by atoms with Crippen molar-refractivity contribution in [3.05, 3.63) is 72.1 Å². The Morgan fingerprint density at radius 1 is 1.19 bits per heavy atom. The molecule has 0 bridgehead atoms. The minimum atomic E-state index is -3.58. The van der Waals surface area contributed by atoms with E-state index in [1.54, 1.807) is 48.1 Å². The van der Waals surface area contributed by atoms with Crippen LogP contribution in [-0.2, 0) is 14.8 Å². The molecule has 0 aliphatic heterocycles. The molecular weight excluding hydrogens is 364 g/mol. The molecule has 0 aliphatic carbocycles. The molecule has 0 aliphatic rings. The molecule has 1 amide bonds. The highest BCUT2D eigenvalue weighted by atomic mass is 32.2. The summed E-state index contributed by atoms with van der Waals surface area (Å²) in [7, 11) is -3.58. The molecule has 7 nitrogen and oxygen atoms in total. The molecule has 0 radical (unpaired) electrons. The molecule has 1 aromatic carbocycles. The van der Waals surface area contributed by atoms with E-state index in [-0.39, 0.29) is 18.2 Å². The lowest BCUT2D eigenvalue weighted by molar-refractivity contribution is -0.117. The van der Waals surface area contributed by atoms with Crippen LogP contribution in [0.2, 0.25) is 0 Å². The van der Waals surface area contributed by atoms with Gasteiger partial charge in [0.05, 0.1) is 17.0 Å². The summed E-state index contributed by atoms with van der Waals surface area (Å²) in [6.07, 6.45) is 5.06. The second kappa shape index (κ2) is 8.05. The summed E-state index contributed by atoms with van der Waals surface area (Å²) in [5, 5.41) is 6.69. The van der Waals surface area contributed by atoms with Gasteiger partial charge in [-0.3, -0.25) is 9.52 Å². The number of anilines is 1. The first-order valence-corrected chi connectivity index (χ1v) is 10.0. The van der Waals surface area contributed by atoms with Crippen LogP contribution in [0.5, 0.6) is 0 Å². The number of nitrogens with zero attached hydrogens (tertiary/aromatic N) is 2. The van der Waals surface area contributed by atoms with Gasteiger partial charge in [-0.15, -0.1) is 0 Å². The van der Waals surface area contributed by atoms with Crippen molar-refractivity contribution in [3.63, 3.8) is 0 Å². The van der Waals surface area contributed by atoms with Crippen molar-refractivity contribution in [2.45, 2.75) is 6.92 Å². The summed E-state index contributed by atoms with van der Waals surface area (Å²) < 4.78 is 28.6. The third-order valence-electron chi connectivity index (χ3n) is 3.87. The molecule has 2 aromatic heterocycles. The van der Waals surface area contributed by atoms with E-state index in [0.29, 0.717) is 11.3 Å². The van der Waals surface area contributed by atoms with E-state index in [1.165, 1.54) is 0 Å². The Balaban J connectivity index is 1.54. The molecule has 0 atom stereocenters. The Morgan fingerprint density at radius 3 is 2.74 bits per heavy atom. The zero-order valence-electron chi connectivity index (χ0n) is 14.8. The van der Waals surface area contributed by atoms with E-state index in [4.69, 9.17) is 0 Å². The maximum Gasteiger partial charge on any atom is 0.246 e. The maximum absolute atomic E-state index is 12.2. The molecule has 27 heavy (non-hydrogen) atoms. The predicted octanol–water partition coefficient (Wildman–Crippen LogP) is 2.30. The molecule has 0 fully saturated rings. The number of hydrogen-bond donors (Lipinski definition) is 2. The molecule has 140 valence electrons. The summed E-state index contributed by atoms with van der Waals surface area (Å²) in [5.41, 5.74) is 2.66. The summed E-state index contributed by atoms with van der Waals surface area (Å²) in [4.78, 5) is 12.1. The minimum Gasteiger partial charge on any atom is -0.351 e. The highest BCUT2D eigenvalue weighted by Crippen LogP contribution is 2.13. The number of carbonyl (C=O) groups is 1. The number of fused-ring (bicyclic) bond motifs is 1. The molecule has 0 spiro atoms. The van der Waals surface area contributed by atoms with E-state index in [0.717, 1.165) is 11.1 Å². The molecule has 8 heteroatoms. The molecule has 3 rings (SSSR count). The van der Waals surface area contributed by atoms with E-state index < -0.39 is 10.0 Å². The van der Waals surface area contributed by atoms with E-state index in [9.17, 15) is 13.2 Å². The largest absolute Gasteiger partial charge is 0.351 e. The highest BCUT2D eigenvalue weighted by Gasteiger charge is 2.12. The number of hydrogen-bond acceptors (Lipinski definition) is 4. The van der Waals surface area contributed by atoms with Gasteiger partial charge in [-0.25, -0.2) is 12.9 Å². The molecular formula is C19H20N4O3S. The summed E-state index contributed by atoms with van der Waals surface area (Å²) >= 11 is 0. The number of aromatic nitrogens is 2. The lowest BCUT2D eigenvalue weighted by atomic mass is 10.1. The van der Waals surface area contributed by atoms with Crippen molar-refractivity contribution in [3.8, 4) is 0 Å². The Labute approximate surface area is 157 Å². The van der Waals surface area contributed by atoms with Crippen LogP contribution >= 0.6 is 0 Å². The molecule has 2 heterocycles. The monoisotopic (exact) mass is 384 g/mol. The fourth-order valence-electron chi connectivity index (χ4n) is 2.52. The highest BCUT2D eigenvalue weighted by molar-refractivity contribution is 7.92. The number of pyridine rings is 1. The molecule has 0 saturated carbocycles. The van der Waals surface area contributed by atoms with Gasteiger partial charge >= 0.3 is 0 Å². The zero-order chi connectivity index (χ0) is 19.3. The average Bonchev–Trinajstić information content (AvgIpc) is 3.09. The fraction of sp³-hybridized carbons (Fsp3) is 0.158. The Bertz CT molecular complexity index is 1070. The predicted molar refractivity (Wildman–Crippen MR) is 106 cm³/mol. The number of nitrogens with one attached hydrogen (secondary N) is 2. The standard InChI is InChI=1S/C19H20N4O3S/c1-15(13-16-5-3-2-4-6-16)19(24)20-10-12-27(25,26)22-17-8-11-23-18(14-17)7-9-21-23/h2-9,11,13-14,22H,10,12H2,1H3,(H,20,24). The van der Waals surface area contributed by atoms with Crippen LogP contribution in [0.15, 0.2) is 66.5 Å². The van der Waals surface area contributed by atoms with Gasteiger partial charge in [-0.05, 0) is 36.8 Å². The van der Waals surface area contributed by atoms with Gasteiger partial charge in [0.25, 0.3) is 0 Å². The van der Waals surface area contributed by atoms with Crippen molar-refractivity contribution < 1.29 is 13.2 Å². The summed E-state index contributed by atoms with van der Waals surface area (Å²) in [5.74, 6) is -0.517. The second-order valence-electron chi connectivity index (χ2n) is 6.03. The number of rotatable bonds is 7. The van der Waals surface area contributed by atoms with Gasteiger partial charge in [-0.2, -0.15) is 5.10 Å². The van der Waals surface area contributed by atoms with Gasteiger partial charge in [0.15, 0.2) is 0 Å². The quantitative estimate of drug-likeness (QED) is 0.612. The third kappa shape index (κ3) is 5.18. The van der Waals surface area contributed by atoms with Crippen LogP contribution in [0, 0.1) is 0 Å². The Morgan fingerprint density at radius 2 is 1.96 bits per heavy atom. The number of carbonyl (C=O) groups excluding carboxylic acids is 1. The normalized spacial score (nSPS) is 12.1. The van der Waals surface area contributed by atoms with E-state index in [2.05, 4.69) is 15.1 Å². The van der Waals surface area contributed by atoms with Crippen LogP contribution in [0.1, 0.15) is 12.5 Å². The molecule has 3 aromatic rings. The van der Waals surface area contributed by atoms with Crippen LogP contribution in [0.4, 0.5) is 5.69 Å². The summed E-state index contributed by atoms with van der Waals surface area (Å²) in [6.45, 7) is 1.71. The number of benzene rings is 1. The average molecular weight is 384 g/mol. The van der Waals surface area contributed by atoms with Gasteiger partial charge in [0.1, 0.15) is 0 Å². The van der Waals surface area contributed by atoms with Crippen molar-refractivity contribution in [1.29, 1.82) is 0 Å². The SMILES string of the molecule is CC(=Cc1ccccc1)C(=O)NCCS(=O)(=O)Nc1ccn2nccc2c1. The first-order valence-electron chi connectivity index (χ1n) is 8.38. The lowest BCUT2D eigenvalue weighted by Gasteiger charge is -2.09. The van der Waals surface area contributed by atoms with Crippen LogP contribution in [0.3, 0.4) is 0 Å². The van der Waals surface area contributed by atoms with Gasteiger partial charge < -0.3 is 5.32 Å². The van der Waals surface area contributed by atoms with Gasteiger partial charge in [0.2, 0.25) is 15.9 Å². The van der Waals surface area contributed by atoms with Crippen molar-refractivity contribution in [2.75, 3.05) is 17.0 Å². The Hall–Kier alpha value is -3.13. The van der Waals surface area contributed by atoms with E-state index in [1.807, 2.05) is 30.3 Å². The smallest absolute Gasteiger partial charge is 0.246 e. The lowest BCUT2D eigenvalue weighted by Crippen LogP contribution is -2.31. The van der Waals surface area contributed by atoms with Crippen molar-refractivity contribution in [2.24, 2.45) is 0 Å². The van der Waals surface area contributed by atoms with Crippen molar-refractivity contribution >= 4 is 33.2 Å². The zero-order valence-corrected chi connectivity index (χ0v) is 15.6. The fourth-order valence-corrected chi connectivity index (χ4v) is 3.48. The van der Waals surface area contributed by atoms with Crippen molar-refractivity contribution in [1.82, 2.24) is 14.9 Å². The number of sulfonamides is 1. The maximum atomic E-state index is 12.2. The van der Waals surface area contributed by atoms with E-state index >= 15 is 0 Å². The molecule has 0 unspecified atom stereocenters. The third-order valence-corrected chi connectivity index (χ3v) is 5.16. The summed E-state index contributed by atoms with van der Waals surface area (Å²) in [6, 6.07) is 14.5. The minimum absolute atomic E-state index is 0.0169. The van der Waals surface area contributed by atoms with Gasteiger partial charge in [-0.1, -0.05) is 30.3 Å². The first kappa shape index (κ1) is 18.7. The van der Waals surface area contributed by atoms with Crippen LogP contribution < -0.4 is 10.0 Å². The topological polar surface area (TPSA) is 92.6 Å². The molecule has 0 saturated heterocycles.